The molecule has 34 heavy (non-hydrogen) atoms. The minimum atomic E-state index is -0.642. The van der Waals surface area contributed by atoms with Crippen molar-refractivity contribution in [2.24, 2.45) is 0 Å². The predicted molar refractivity (Wildman–Crippen MR) is 121 cm³/mol. The summed E-state index contributed by atoms with van der Waals surface area (Å²) in [6.45, 7) is 8.45. The highest BCUT2D eigenvalue weighted by Gasteiger charge is 2.35. The van der Waals surface area contributed by atoms with Crippen LogP contribution in [0.2, 0.25) is 0 Å². The molecule has 1 saturated heterocycles. The number of methoxy groups -OCH3 is 1. The maximum atomic E-state index is 13.5. The zero-order chi connectivity index (χ0) is 24.6. The summed E-state index contributed by atoms with van der Waals surface area (Å²) in [6.07, 6.45) is 0. The van der Waals surface area contributed by atoms with Crippen molar-refractivity contribution >= 4 is 17.8 Å². The second kappa shape index (κ2) is 9.28. The number of piperazine rings is 1. The van der Waals surface area contributed by atoms with Crippen molar-refractivity contribution in [1.29, 1.82) is 0 Å². The van der Waals surface area contributed by atoms with Crippen LogP contribution in [-0.2, 0) is 4.74 Å². The van der Waals surface area contributed by atoms with Gasteiger partial charge in [0, 0.05) is 31.2 Å². The average molecular weight is 469 g/mol. The van der Waals surface area contributed by atoms with Crippen LogP contribution in [0.3, 0.4) is 0 Å². The summed E-state index contributed by atoms with van der Waals surface area (Å²) in [5.74, 6) is 0.298. The van der Waals surface area contributed by atoms with Gasteiger partial charge in [-0.3, -0.25) is 9.59 Å². The molecule has 2 aliphatic heterocycles. The summed E-state index contributed by atoms with van der Waals surface area (Å²) in [6, 6.07) is 4.86. The first-order valence-corrected chi connectivity index (χ1v) is 11.2. The zero-order valence-electron chi connectivity index (χ0n) is 20.0. The Labute approximate surface area is 197 Å². The Hall–Kier alpha value is -3.69. The Balaban J connectivity index is 1.55. The number of ether oxygens (including phenoxy) is 3. The van der Waals surface area contributed by atoms with Gasteiger partial charge in [-0.25, -0.2) is 14.8 Å². The fourth-order valence-corrected chi connectivity index (χ4v) is 4.26. The van der Waals surface area contributed by atoms with Gasteiger partial charge in [0.15, 0.2) is 11.5 Å². The number of rotatable bonds is 4. The van der Waals surface area contributed by atoms with Crippen molar-refractivity contribution < 1.29 is 28.6 Å². The van der Waals surface area contributed by atoms with E-state index in [1.807, 2.05) is 20.8 Å². The van der Waals surface area contributed by atoms with Gasteiger partial charge < -0.3 is 24.0 Å². The second-order valence-corrected chi connectivity index (χ2v) is 8.69. The molecule has 0 saturated carbocycles. The number of hydrogen-bond donors (Lipinski definition) is 0. The van der Waals surface area contributed by atoms with E-state index in [4.69, 9.17) is 14.2 Å². The number of aryl methyl sites for hydroxylation is 1. The highest BCUT2D eigenvalue weighted by atomic mass is 16.7. The fraction of sp³-hybridized carbons (Fsp3) is 0.458. The van der Waals surface area contributed by atoms with Gasteiger partial charge in [0.25, 0.3) is 11.8 Å². The van der Waals surface area contributed by atoms with Crippen LogP contribution in [0, 0.1) is 6.92 Å². The molecular weight excluding hydrogens is 440 g/mol. The minimum absolute atomic E-state index is 0.0331. The van der Waals surface area contributed by atoms with E-state index in [9.17, 15) is 14.4 Å². The first kappa shape index (κ1) is 23.5. The van der Waals surface area contributed by atoms with Crippen LogP contribution in [-0.4, -0.2) is 77.1 Å². The molecule has 0 aliphatic carbocycles. The lowest BCUT2D eigenvalue weighted by atomic mass is 10.0. The number of amides is 2. The Morgan fingerprint density at radius 3 is 2.50 bits per heavy atom. The van der Waals surface area contributed by atoms with Crippen molar-refractivity contribution in [2.45, 2.75) is 39.7 Å². The van der Waals surface area contributed by atoms with E-state index >= 15 is 0 Å². The molecule has 10 heteroatoms. The lowest BCUT2D eigenvalue weighted by Crippen LogP contribution is -2.55. The maximum absolute atomic E-state index is 13.5. The molecule has 1 aromatic heterocycles. The van der Waals surface area contributed by atoms with Crippen molar-refractivity contribution in [3.8, 4) is 11.5 Å². The summed E-state index contributed by atoms with van der Waals surface area (Å²) < 4.78 is 15.6. The highest BCUT2D eigenvalue weighted by Crippen LogP contribution is 2.33. The third-order valence-electron chi connectivity index (χ3n) is 5.98. The molecule has 1 atom stereocenters. The monoisotopic (exact) mass is 468 g/mol. The number of carbonyl (C=O) groups excluding carboxylic acids is 3. The molecule has 4 rings (SSSR count). The summed E-state index contributed by atoms with van der Waals surface area (Å²) in [5, 5.41) is 0. The molecule has 1 fully saturated rings. The van der Waals surface area contributed by atoms with Gasteiger partial charge in [0.2, 0.25) is 6.79 Å². The number of nitrogens with zero attached hydrogens (tertiary/aromatic N) is 4. The lowest BCUT2D eigenvalue weighted by Gasteiger charge is -2.40. The molecule has 180 valence electrons. The molecule has 10 nitrogen and oxygen atoms in total. The van der Waals surface area contributed by atoms with Gasteiger partial charge in [-0.2, -0.15) is 0 Å². The number of carbonyl (C=O) groups is 3. The van der Waals surface area contributed by atoms with Crippen molar-refractivity contribution in [3.05, 3.63) is 46.5 Å². The van der Waals surface area contributed by atoms with E-state index < -0.39 is 5.97 Å². The van der Waals surface area contributed by atoms with E-state index in [2.05, 4.69) is 9.97 Å². The largest absolute Gasteiger partial charge is 0.465 e. The van der Waals surface area contributed by atoms with Crippen LogP contribution >= 0.6 is 0 Å². The number of hydrogen-bond acceptors (Lipinski definition) is 8. The third-order valence-corrected chi connectivity index (χ3v) is 5.98. The predicted octanol–water partition coefficient (Wildman–Crippen LogP) is 2.41. The van der Waals surface area contributed by atoms with Gasteiger partial charge in [-0.05, 0) is 38.0 Å². The fourth-order valence-electron chi connectivity index (χ4n) is 4.26. The van der Waals surface area contributed by atoms with E-state index in [1.165, 1.54) is 7.11 Å². The van der Waals surface area contributed by atoms with Crippen molar-refractivity contribution in [3.63, 3.8) is 0 Å². The Morgan fingerprint density at radius 1 is 1.09 bits per heavy atom. The third kappa shape index (κ3) is 4.27. The van der Waals surface area contributed by atoms with Crippen LogP contribution in [0.15, 0.2) is 18.2 Å². The Kier molecular flexibility index (Phi) is 6.41. The second-order valence-electron chi connectivity index (χ2n) is 8.69. The van der Waals surface area contributed by atoms with Crippen LogP contribution in [0.4, 0.5) is 0 Å². The summed E-state index contributed by atoms with van der Waals surface area (Å²) in [4.78, 5) is 51.2. The number of aromatic nitrogens is 2. The molecule has 0 spiro atoms. The number of fused-ring (bicyclic) bond motifs is 1. The average Bonchev–Trinajstić information content (AvgIpc) is 3.30. The van der Waals surface area contributed by atoms with E-state index in [0.29, 0.717) is 48.2 Å². The van der Waals surface area contributed by atoms with Crippen LogP contribution in [0.5, 0.6) is 11.5 Å². The van der Waals surface area contributed by atoms with Crippen molar-refractivity contribution in [1.82, 2.24) is 19.8 Å². The van der Waals surface area contributed by atoms with Gasteiger partial charge in [0.05, 0.1) is 12.8 Å². The molecule has 3 heterocycles. The van der Waals surface area contributed by atoms with Crippen LogP contribution in [0.1, 0.15) is 69.4 Å². The van der Waals surface area contributed by atoms with E-state index in [-0.39, 0.29) is 41.8 Å². The Morgan fingerprint density at radius 2 is 1.82 bits per heavy atom. The first-order chi connectivity index (χ1) is 16.2. The summed E-state index contributed by atoms with van der Waals surface area (Å²) in [5.41, 5.74) is 1.11. The molecule has 0 N–H and O–H groups in total. The molecule has 1 unspecified atom stereocenters. The molecule has 1 aromatic carbocycles. The molecule has 2 aromatic rings. The van der Waals surface area contributed by atoms with Gasteiger partial charge in [-0.15, -0.1) is 0 Å². The summed E-state index contributed by atoms with van der Waals surface area (Å²) >= 11 is 0. The van der Waals surface area contributed by atoms with Gasteiger partial charge >= 0.3 is 5.97 Å². The maximum Gasteiger partial charge on any atom is 0.342 e. The molecule has 0 bridgehead atoms. The van der Waals surface area contributed by atoms with E-state index in [1.54, 1.807) is 34.9 Å². The smallest absolute Gasteiger partial charge is 0.342 e. The van der Waals surface area contributed by atoms with Crippen LogP contribution < -0.4 is 9.47 Å². The Bertz CT molecular complexity index is 1150. The molecule has 0 radical (unpaired) electrons. The SMILES string of the molecule is COC(=O)c1c(C(=O)N2CCN(C(=O)c3ccc4c(c3)OCO4)C(C)C2)nc(C)nc1C(C)C. The zero-order valence-corrected chi connectivity index (χ0v) is 20.0. The number of benzene rings is 1. The summed E-state index contributed by atoms with van der Waals surface area (Å²) in [7, 11) is 1.27. The molecule has 2 amide bonds. The lowest BCUT2D eigenvalue weighted by molar-refractivity contribution is 0.0408. The first-order valence-electron chi connectivity index (χ1n) is 11.2. The number of esters is 1. The quantitative estimate of drug-likeness (QED) is 0.629. The van der Waals surface area contributed by atoms with Gasteiger partial charge in [0.1, 0.15) is 17.1 Å². The standard InChI is InChI=1S/C24H28N4O6/c1-13(2)20-19(24(31)32-5)21(26-15(4)25-20)23(30)27-8-9-28(14(3)11-27)22(29)16-6-7-17-18(10-16)34-12-33-17/h6-7,10,13-14H,8-9,11-12H2,1-5H3. The topological polar surface area (TPSA) is 111 Å². The molecular formula is C24H28N4O6. The van der Waals surface area contributed by atoms with E-state index in [0.717, 1.165) is 0 Å². The molecule has 2 aliphatic rings. The van der Waals surface area contributed by atoms with Crippen LogP contribution in [0.25, 0.3) is 0 Å². The normalized spacial score (nSPS) is 17.2. The highest BCUT2D eigenvalue weighted by molar-refractivity contribution is 6.05. The van der Waals surface area contributed by atoms with Gasteiger partial charge in [-0.1, -0.05) is 13.8 Å². The van der Waals surface area contributed by atoms with Crippen molar-refractivity contribution in [2.75, 3.05) is 33.5 Å². The minimum Gasteiger partial charge on any atom is -0.465 e.